The number of carbonyl (C=O) groups excluding carboxylic acids is 17. The summed E-state index contributed by atoms with van der Waals surface area (Å²) in [6, 6.07) is 1.11. The molecule has 14 atom stereocenters. The van der Waals surface area contributed by atoms with E-state index < -0.39 is 217 Å². The average molecular weight is 1870 g/mol. The Labute approximate surface area is 774 Å². The number of aliphatic hydroxyl groups is 1. The van der Waals surface area contributed by atoms with E-state index in [0.717, 1.165) is 31.6 Å². The molecule has 16 amide bonds. The normalized spacial score (nSPS) is 24.6. The molecule has 39 nitrogen and oxygen atoms in total. The quantitative estimate of drug-likeness (QED) is 0.0369. The van der Waals surface area contributed by atoms with Gasteiger partial charge < -0.3 is 110 Å². The summed E-state index contributed by atoms with van der Waals surface area (Å²) in [6.07, 6.45) is 4.68. The van der Waals surface area contributed by atoms with E-state index in [1.807, 2.05) is 37.4 Å². The summed E-state index contributed by atoms with van der Waals surface area (Å²) >= 11 is 2.23. The lowest BCUT2D eigenvalue weighted by Crippen LogP contribution is -2.61. The number of aromatic hydroxyl groups is 1. The molecule has 3 saturated heterocycles. The lowest BCUT2D eigenvalue weighted by atomic mass is 9.95. The molecule has 6 heterocycles. The van der Waals surface area contributed by atoms with E-state index in [4.69, 9.17) is 17.2 Å². The SMILES string of the molecule is CCCC[C@H]1C(=O)N(C)[C@@H](CCCC)C(=O)NC(CCCN)C(=O)C[C@H](C(=O)NCC(N)=O)CSCC(=O)N[C@@H](Cc2ccc(O)cc2)C(=O)N(C)[C@@H](C)C(=O)N[C@@H](CC(N)=O)C(=O)N2CCCC2C(=O)N[C@@H](Cc2cnc[nH]2)C(=O)N[C@@H](CC(C)C)C(=O)N2CCC[C@H]2C(=O)N[C@@H](Cc2c[nH]c3ccccc23)C(=O)N[C@@H](CO)C(=O)N[C@@H](Cc2csc3ccccc23)C(=O)N1C. The topological polar surface area (TPSA) is 578 Å². The van der Waals surface area contributed by atoms with Gasteiger partial charge in [-0.2, -0.15) is 11.8 Å². The Morgan fingerprint density at radius 2 is 1.11 bits per heavy atom. The Morgan fingerprint density at radius 3 is 1.73 bits per heavy atom. The van der Waals surface area contributed by atoms with Gasteiger partial charge in [-0.1, -0.05) is 102 Å². The number of thioether (sulfide) groups is 1. The van der Waals surface area contributed by atoms with E-state index in [1.54, 1.807) is 50.4 Å². The molecule has 3 aliphatic rings. The smallest absolute Gasteiger partial charge is 0.246 e. The minimum absolute atomic E-state index is 0.00281. The van der Waals surface area contributed by atoms with Crippen LogP contribution >= 0.6 is 23.1 Å². The minimum Gasteiger partial charge on any atom is -0.508 e. The van der Waals surface area contributed by atoms with Crippen LogP contribution in [0.2, 0.25) is 0 Å². The summed E-state index contributed by atoms with van der Waals surface area (Å²) in [6.45, 7) is 6.88. The number of unbranched alkanes of at least 4 members (excludes halogenated alkanes) is 2. The number of carbonyl (C=O) groups is 17. The molecule has 19 N–H and O–H groups in total. The zero-order valence-corrected chi connectivity index (χ0v) is 77.5. The molecule has 0 bridgehead atoms. The van der Waals surface area contributed by atoms with Crippen molar-refractivity contribution >= 4 is 144 Å². The molecule has 0 aliphatic carbocycles. The van der Waals surface area contributed by atoms with Gasteiger partial charge in [0, 0.05) is 106 Å². The fraction of sp³-hybridized carbons (Fsp3) is 0.538. The number of rotatable bonds is 25. The summed E-state index contributed by atoms with van der Waals surface area (Å²) in [7, 11) is 4.02. The van der Waals surface area contributed by atoms with Crippen LogP contribution in [0.1, 0.15) is 153 Å². The second kappa shape index (κ2) is 49.8. The molecule has 132 heavy (non-hydrogen) atoms. The Hall–Kier alpha value is -12.4. The number of nitrogens with two attached hydrogens (primary N) is 3. The first kappa shape index (κ1) is 103. The molecule has 3 aliphatic heterocycles. The standard InChI is InChI=1S/C91H126N20O19S2/c1-9-11-24-70-84(123)100-62(23-17-33-92)74(114)40-56(80(119)97-45-77(94)116)47-131-49-78(117)99-66(37-53-29-31-58(113)32-30-53)87(126)107(6)52(5)79(118)103-68(42-76(93)115)90(129)111-35-19-27-72(111)86(125)102-64(41-57-44-95-50-98-57)82(121)104-65(36-51(3)4)89(128)110-34-18-26-71(110)85(124)101-63(38-54-43-96-61-22-15-13-20-59(54)61)81(120)106-69(46-112)83(122)105-67(39-55-48-132-75-28-16-14-21-60(55)75)88(127)109(8)73(25-12-10-2)91(130)108(70)7/h13-16,20-22,28-32,43-44,48,50-52,56,62-73,96,112-113H,9-12,17-19,23-27,33-42,45-47,49,92H2,1-8H3,(H2,93,115)(H2,94,116)(H,95,98)(H,97,119)(H,99,117)(H,100,123)(H,101,124)(H,102,125)(H,103,118)(H,104,121)(H,105,122)(H,106,120)/t52-,56-,62?,63-,64-,65-,66-,67-,68-,69-,70-,71-,72?,73-/m0/s1. The number of para-hydroxylation sites is 1. The number of aromatic amines is 2. The lowest BCUT2D eigenvalue weighted by Gasteiger charge is -2.36. The molecule has 9 rings (SSSR count). The van der Waals surface area contributed by atoms with Gasteiger partial charge >= 0.3 is 0 Å². The number of phenolic OH excluding ortho intramolecular Hbond substituents is 1. The molecule has 3 fully saturated rings. The third kappa shape index (κ3) is 28.3. The Kier molecular flexibility index (Phi) is 39.0. The van der Waals surface area contributed by atoms with Gasteiger partial charge in [0.1, 0.15) is 78.3 Å². The van der Waals surface area contributed by atoms with E-state index in [1.165, 1.54) is 90.9 Å². The number of aromatic nitrogens is 3. The van der Waals surface area contributed by atoms with Crippen LogP contribution in [0.25, 0.3) is 21.0 Å². The van der Waals surface area contributed by atoms with Crippen LogP contribution in [0, 0.1) is 11.8 Å². The molecule has 41 heteroatoms. The second-order valence-electron chi connectivity index (χ2n) is 34.4. The number of hydrogen-bond donors (Lipinski definition) is 16. The molecule has 2 unspecified atom stereocenters. The van der Waals surface area contributed by atoms with E-state index in [2.05, 4.69) is 62.8 Å². The van der Waals surface area contributed by atoms with Crippen molar-refractivity contribution in [3.8, 4) is 5.75 Å². The maximum Gasteiger partial charge on any atom is 0.246 e. The van der Waals surface area contributed by atoms with E-state index in [0.29, 0.717) is 59.0 Å². The van der Waals surface area contributed by atoms with Crippen molar-refractivity contribution < 1.29 is 91.7 Å². The van der Waals surface area contributed by atoms with E-state index >= 15 is 38.4 Å². The highest BCUT2D eigenvalue weighted by atomic mass is 32.2. The minimum atomic E-state index is -1.82. The Balaban J connectivity index is 1.09. The average Bonchev–Trinajstić information content (AvgIpc) is 1.68. The highest BCUT2D eigenvalue weighted by Crippen LogP contribution is 2.30. The van der Waals surface area contributed by atoms with Gasteiger partial charge in [0.2, 0.25) is 94.5 Å². The number of nitrogens with zero attached hydrogens (tertiary/aromatic N) is 6. The van der Waals surface area contributed by atoms with Crippen molar-refractivity contribution in [2.75, 3.05) is 65.4 Å². The predicted octanol–water partition coefficient (Wildman–Crippen LogP) is 0.400. The van der Waals surface area contributed by atoms with Gasteiger partial charge in [0.15, 0.2) is 5.78 Å². The molecule has 3 aromatic heterocycles. The number of amides is 16. The molecule has 0 radical (unpaired) electrons. The number of thiophene rings is 1. The van der Waals surface area contributed by atoms with Crippen LogP contribution in [0.15, 0.2) is 96.9 Å². The highest BCUT2D eigenvalue weighted by Gasteiger charge is 2.46. The summed E-state index contributed by atoms with van der Waals surface area (Å²) < 4.78 is 0.839. The first-order valence-corrected chi connectivity index (χ1v) is 46.9. The van der Waals surface area contributed by atoms with Gasteiger partial charge in [0.25, 0.3) is 0 Å². The number of aliphatic hydroxyl groups excluding tert-OH is 1. The van der Waals surface area contributed by atoms with Crippen molar-refractivity contribution in [1.29, 1.82) is 0 Å². The summed E-state index contributed by atoms with van der Waals surface area (Å²) in [4.78, 5) is 266. The monoisotopic (exact) mass is 1870 g/mol. The third-order valence-corrected chi connectivity index (χ3v) is 26.3. The van der Waals surface area contributed by atoms with Crippen LogP contribution in [0.4, 0.5) is 0 Å². The maximum atomic E-state index is 15.7. The van der Waals surface area contributed by atoms with Crippen LogP contribution in [0.5, 0.6) is 5.75 Å². The van der Waals surface area contributed by atoms with Crippen LogP contribution in [0.3, 0.4) is 0 Å². The van der Waals surface area contributed by atoms with Crippen LogP contribution < -0.4 is 65.1 Å². The number of primary amides is 2. The number of hydrogen-bond acceptors (Lipinski definition) is 23. The first-order valence-electron chi connectivity index (χ1n) is 44.9. The first-order chi connectivity index (χ1) is 63.0. The van der Waals surface area contributed by atoms with Crippen LogP contribution in [-0.2, 0) is 107 Å². The lowest BCUT2D eigenvalue weighted by molar-refractivity contribution is -0.149. The molecule has 0 saturated carbocycles. The summed E-state index contributed by atoms with van der Waals surface area (Å²) in [5.74, 6) is -17.1. The molecular formula is C91H126N20O19S2. The zero-order valence-electron chi connectivity index (χ0n) is 75.8. The van der Waals surface area contributed by atoms with Gasteiger partial charge in [0.05, 0.1) is 43.6 Å². The number of ketones is 1. The largest absolute Gasteiger partial charge is 0.508 e. The fourth-order valence-electron chi connectivity index (χ4n) is 16.7. The summed E-state index contributed by atoms with van der Waals surface area (Å²) in [5, 5.41) is 49.0. The Bertz CT molecular complexity index is 5070. The van der Waals surface area contributed by atoms with Gasteiger partial charge in [-0.15, -0.1) is 11.3 Å². The Morgan fingerprint density at radius 1 is 0.561 bits per heavy atom. The fourth-order valence-corrected chi connectivity index (χ4v) is 18.6. The summed E-state index contributed by atoms with van der Waals surface area (Å²) in [5.41, 5.74) is 19.8. The number of nitrogens with one attached hydrogen (secondary N) is 11. The molecule has 3 aromatic carbocycles. The number of H-pyrrole nitrogens is 2. The predicted molar refractivity (Wildman–Crippen MR) is 492 cm³/mol. The van der Waals surface area contributed by atoms with Crippen molar-refractivity contribution in [2.45, 2.75) is 235 Å². The second-order valence-corrected chi connectivity index (χ2v) is 36.4. The number of phenols is 1. The molecule has 716 valence electrons. The molecule has 0 spiro atoms. The zero-order chi connectivity index (χ0) is 96.2. The number of likely N-dealkylation sites (N-methyl/N-ethyl adjacent to an activating group) is 3. The number of benzene rings is 3. The molecular weight excluding hydrogens is 1740 g/mol. The van der Waals surface area contributed by atoms with Crippen molar-refractivity contribution in [3.05, 3.63) is 119 Å². The van der Waals surface area contributed by atoms with Gasteiger partial charge in [-0.3, -0.25) is 81.5 Å². The van der Waals surface area contributed by atoms with E-state index in [9.17, 15) is 53.4 Å². The van der Waals surface area contributed by atoms with Gasteiger partial charge in [-0.05, 0) is 129 Å². The van der Waals surface area contributed by atoms with Crippen molar-refractivity contribution in [1.82, 2.24) is 87.3 Å². The number of Topliss-reactive ketones (excluding diaryl/α,β-unsaturated/α-hetero) is 1. The highest BCUT2D eigenvalue weighted by molar-refractivity contribution is 7.99. The molecule has 6 aromatic rings. The van der Waals surface area contributed by atoms with Crippen molar-refractivity contribution in [3.63, 3.8) is 0 Å². The van der Waals surface area contributed by atoms with Crippen molar-refractivity contribution in [2.24, 2.45) is 29.0 Å². The number of fused-ring (bicyclic) bond motifs is 4. The number of imidazole rings is 1. The van der Waals surface area contributed by atoms with Gasteiger partial charge in [-0.25, -0.2) is 4.98 Å². The maximum absolute atomic E-state index is 15.7. The third-order valence-electron chi connectivity index (χ3n) is 24.2. The van der Waals surface area contributed by atoms with E-state index in [-0.39, 0.29) is 121 Å². The van der Waals surface area contributed by atoms with Crippen LogP contribution in [-0.4, -0.2) is 294 Å².